The van der Waals surface area contributed by atoms with Gasteiger partial charge in [-0.1, -0.05) is 30.3 Å². The van der Waals surface area contributed by atoms with E-state index in [1.807, 2.05) is 35.9 Å². The van der Waals surface area contributed by atoms with Crippen LogP contribution in [0.4, 0.5) is 0 Å². The first kappa shape index (κ1) is 22.0. The van der Waals surface area contributed by atoms with Crippen molar-refractivity contribution in [2.24, 2.45) is 0 Å². The molecule has 1 amide bonds. The van der Waals surface area contributed by atoms with E-state index in [2.05, 4.69) is 27.0 Å². The third-order valence-corrected chi connectivity index (χ3v) is 5.97. The van der Waals surface area contributed by atoms with Crippen molar-refractivity contribution >= 4 is 5.91 Å². The highest BCUT2D eigenvalue weighted by atomic mass is 16.5. The molecule has 0 spiro atoms. The van der Waals surface area contributed by atoms with E-state index in [9.17, 15) is 9.59 Å². The van der Waals surface area contributed by atoms with Crippen LogP contribution in [0.3, 0.4) is 0 Å². The van der Waals surface area contributed by atoms with Crippen molar-refractivity contribution in [3.8, 4) is 0 Å². The van der Waals surface area contributed by atoms with Gasteiger partial charge >= 0.3 is 0 Å². The van der Waals surface area contributed by atoms with E-state index in [-0.39, 0.29) is 23.0 Å². The Kier molecular flexibility index (Phi) is 7.17. The molecule has 1 saturated heterocycles. The Morgan fingerprint density at radius 2 is 2.09 bits per heavy atom. The van der Waals surface area contributed by atoms with Gasteiger partial charge in [0.05, 0.1) is 12.4 Å². The SMILES string of the molecule is Cc1cc(=O)c(C(=O)NCCn2ccnc2)c(CCc2ccccc2)n1CC1CCCO1. The van der Waals surface area contributed by atoms with Crippen LogP contribution in [-0.2, 0) is 30.7 Å². The number of amides is 1. The molecule has 1 aliphatic rings. The van der Waals surface area contributed by atoms with Crippen molar-refractivity contribution in [3.05, 3.63) is 87.9 Å². The van der Waals surface area contributed by atoms with E-state index in [4.69, 9.17) is 4.74 Å². The number of benzene rings is 1. The molecule has 3 heterocycles. The second kappa shape index (κ2) is 10.4. The van der Waals surface area contributed by atoms with Crippen LogP contribution >= 0.6 is 0 Å². The van der Waals surface area contributed by atoms with E-state index in [1.165, 1.54) is 5.56 Å². The number of hydrogen-bond donors (Lipinski definition) is 1. The molecular formula is C25H30N4O3. The first-order chi connectivity index (χ1) is 15.6. The number of hydrogen-bond acceptors (Lipinski definition) is 4. The highest BCUT2D eigenvalue weighted by Crippen LogP contribution is 2.19. The number of ether oxygens (including phenoxy) is 1. The molecule has 32 heavy (non-hydrogen) atoms. The van der Waals surface area contributed by atoms with Crippen LogP contribution in [0.1, 0.15) is 40.2 Å². The van der Waals surface area contributed by atoms with Gasteiger partial charge in [-0.25, -0.2) is 4.98 Å². The summed E-state index contributed by atoms with van der Waals surface area (Å²) in [7, 11) is 0. The summed E-state index contributed by atoms with van der Waals surface area (Å²) in [6.45, 7) is 4.38. The molecule has 1 fully saturated rings. The van der Waals surface area contributed by atoms with Crippen molar-refractivity contribution < 1.29 is 9.53 Å². The number of carbonyl (C=O) groups is 1. The van der Waals surface area contributed by atoms with Crippen molar-refractivity contribution in [1.82, 2.24) is 19.4 Å². The number of nitrogens with one attached hydrogen (secondary N) is 1. The molecule has 1 atom stereocenters. The minimum absolute atomic E-state index is 0.115. The van der Waals surface area contributed by atoms with Crippen LogP contribution in [0, 0.1) is 6.92 Å². The predicted octanol–water partition coefficient (Wildman–Crippen LogP) is 2.75. The van der Waals surface area contributed by atoms with Gasteiger partial charge in [0.15, 0.2) is 5.43 Å². The van der Waals surface area contributed by atoms with E-state index in [0.717, 1.165) is 37.3 Å². The molecule has 0 bridgehead atoms. The number of carbonyl (C=O) groups excluding carboxylic acids is 1. The topological polar surface area (TPSA) is 78.2 Å². The quantitative estimate of drug-likeness (QED) is 0.562. The Hall–Kier alpha value is -3.19. The summed E-state index contributed by atoms with van der Waals surface area (Å²) >= 11 is 0. The van der Waals surface area contributed by atoms with E-state index in [0.29, 0.717) is 26.1 Å². The van der Waals surface area contributed by atoms with Gasteiger partial charge in [0.1, 0.15) is 5.56 Å². The van der Waals surface area contributed by atoms with Gasteiger partial charge < -0.3 is 19.2 Å². The first-order valence-electron chi connectivity index (χ1n) is 11.2. The van der Waals surface area contributed by atoms with Crippen molar-refractivity contribution in [1.29, 1.82) is 0 Å². The highest BCUT2D eigenvalue weighted by molar-refractivity contribution is 5.95. The molecule has 0 aliphatic carbocycles. The van der Waals surface area contributed by atoms with Gasteiger partial charge in [0, 0.05) is 56.1 Å². The molecule has 2 aromatic heterocycles. The summed E-state index contributed by atoms with van der Waals surface area (Å²) in [4.78, 5) is 30.1. The molecule has 0 radical (unpaired) electrons. The van der Waals surface area contributed by atoms with Crippen LogP contribution < -0.4 is 10.7 Å². The van der Waals surface area contributed by atoms with E-state index < -0.39 is 0 Å². The zero-order valence-corrected chi connectivity index (χ0v) is 18.5. The third kappa shape index (κ3) is 5.34. The van der Waals surface area contributed by atoms with Gasteiger partial charge in [0.25, 0.3) is 5.91 Å². The van der Waals surface area contributed by atoms with Crippen LogP contribution in [-0.4, -0.2) is 39.3 Å². The maximum absolute atomic E-state index is 13.1. The molecule has 7 nitrogen and oxygen atoms in total. The number of aromatic nitrogens is 3. The molecule has 1 aliphatic heterocycles. The van der Waals surface area contributed by atoms with Gasteiger partial charge in [0.2, 0.25) is 0 Å². The second-order valence-electron chi connectivity index (χ2n) is 8.26. The molecule has 0 saturated carbocycles. The van der Waals surface area contributed by atoms with Crippen molar-refractivity contribution in [2.45, 2.75) is 51.8 Å². The van der Waals surface area contributed by atoms with Crippen LogP contribution in [0.2, 0.25) is 0 Å². The lowest BCUT2D eigenvalue weighted by molar-refractivity contribution is 0.0926. The molecule has 1 unspecified atom stereocenters. The predicted molar refractivity (Wildman–Crippen MR) is 123 cm³/mol. The molecular weight excluding hydrogens is 404 g/mol. The normalized spacial score (nSPS) is 15.7. The second-order valence-corrected chi connectivity index (χ2v) is 8.26. The lowest BCUT2D eigenvalue weighted by atomic mass is 10.0. The maximum Gasteiger partial charge on any atom is 0.257 e. The fourth-order valence-electron chi connectivity index (χ4n) is 4.29. The fraction of sp³-hybridized carbons (Fsp3) is 0.400. The summed E-state index contributed by atoms with van der Waals surface area (Å²) in [5, 5.41) is 2.92. The molecule has 3 aromatic rings. The Morgan fingerprint density at radius 1 is 1.25 bits per heavy atom. The maximum atomic E-state index is 13.1. The fourth-order valence-corrected chi connectivity index (χ4v) is 4.29. The molecule has 7 heteroatoms. The van der Waals surface area contributed by atoms with E-state index in [1.54, 1.807) is 18.6 Å². The monoisotopic (exact) mass is 434 g/mol. The summed E-state index contributed by atoms with van der Waals surface area (Å²) in [6, 6.07) is 11.7. The standard InChI is InChI=1S/C25H30N4O3/c1-19-16-23(30)24(25(31)27-12-14-28-13-11-26-18-28)22(10-9-20-6-3-2-4-7-20)29(19)17-21-8-5-15-32-21/h2-4,6-7,11,13,16,18,21H,5,8-10,12,14-15,17H2,1H3,(H,27,31). The lowest BCUT2D eigenvalue weighted by Crippen LogP contribution is -2.35. The Balaban J connectivity index is 1.61. The average Bonchev–Trinajstić information content (AvgIpc) is 3.49. The highest BCUT2D eigenvalue weighted by Gasteiger charge is 2.23. The summed E-state index contributed by atoms with van der Waals surface area (Å²) in [6.07, 6.45) is 8.77. The van der Waals surface area contributed by atoms with Gasteiger partial charge in [-0.2, -0.15) is 0 Å². The number of rotatable bonds is 9. The average molecular weight is 435 g/mol. The first-order valence-corrected chi connectivity index (χ1v) is 11.2. The summed E-state index contributed by atoms with van der Waals surface area (Å²) < 4.78 is 9.86. The van der Waals surface area contributed by atoms with Crippen LogP contribution in [0.25, 0.3) is 0 Å². The van der Waals surface area contributed by atoms with Crippen molar-refractivity contribution in [2.75, 3.05) is 13.2 Å². The Labute approximate surface area is 188 Å². The van der Waals surface area contributed by atoms with Crippen LogP contribution in [0.15, 0.2) is 59.9 Å². The smallest absolute Gasteiger partial charge is 0.257 e. The van der Waals surface area contributed by atoms with Gasteiger partial charge in [-0.3, -0.25) is 9.59 Å². The summed E-state index contributed by atoms with van der Waals surface area (Å²) in [5.41, 5.74) is 2.85. The van der Waals surface area contributed by atoms with Crippen LogP contribution in [0.5, 0.6) is 0 Å². The van der Waals surface area contributed by atoms with E-state index >= 15 is 0 Å². The zero-order chi connectivity index (χ0) is 22.3. The molecule has 168 valence electrons. The minimum Gasteiger partial charge on any atom is -0.376 e. The largest absolute Gasteiger partial charge is 0.376 e. The number of nitrogens with zero attached hydrogens (tertiary/aromatic N) is 3. The third-order valence-electron chi connectivity index (χ3n) is 5.97. The Bertz CT molecular complexity index is 1080. The summed E-state index contributed by atoms with van der Waals surface area (Å²) in [5.74, 6) is -0.320. The Morgan fingerprint density at radius 3 is 2.81 bits per heavy atom. The number of pyridine rings is 1. The number of imidazole rings is 1. The molecule has 4 rings (SSSR count). The minimum atomic E-state index is -0.320. The van der Waals surface area contributed by atoms with Gasteiger partial charge in [-0.05, 0) is 38.2 Å². The van der Waals surface area contributed by atoms with Gasteiger partial charge in [-0.15, -0.1) is 0 Å². The molecule has 1 aromatic carbocycles. The molecule has 1 N–H and O–H groups in total. The zero-order valence-electron chi connectivity index (χ0n) is 18.5. The van der Waals surface area contributed by atoms with Crippen molar-refractivity contribution in [3.63, 3.8) is 0 Å². The lowest BCUT2D eigenvalue weighted by Gasteiger charge is -2.22. The number of aryl methyl sites for hydroxylation is 2.